The number of nitrogens with zero attached hydrogens (tertiary/aromatic N) is 6. The van der Waals surface area contributed by atoms with Crippen molar-refractivity contribution in [2.45, 2.75) is 13.8 Å². The van der Waals surface area contributed by atoms with Gasteiger partial charge in [-0.3, -0.25) is 0 Å². The Morgan fingerprint density at radius 1 is 0.960 bits per heavy atom. The van der Waals surface area contributed by atoms with Crippen LogP contribution in [0.3, 0.4) is 0 Å². The van der Waals surface area contributed by atoms with Crippen LogP contribution in [0.5, 0.6) is 11.6 Å². The average molecular weight is 333 g/mol. The molecule has 25 heavy (non-hydrogen) atoms. The van der Waals surface area contributed by atoms with E-state index in [1.807, 2.05) is 50.2 Å². The van der Waals surface area contributed by atoms with Gasteiger partial charge in [0.25, 0.3) is 5.78 Å². The third-order valence-electron chi connectivity index (χ3n) is 3.50. The molecule has 0 saturated carbocycles. The number of fused-ring (bicyclic) bond motifs is 1. The van der Waals surface area contributed by atoms with Gasteiger partial charge in [0.1, 0.15) is 17.9 Å². The van der Waals surface area contributed by atoms with E-state index in [4.69, 9.17) is 4.74 Å². The van der Waals surface area contributed by atoms with Crippen LogP contribution in [-0.2, 0) is 0 Å². The molecule has 124 valence electrons. The zero-order chi connectivity index (χ0) is 17.2. The van der Waals surface area contributed by atoms with Gasteiger partial charge in [-0.25, -0.2) is 4.98 Å². The summed E-state index contributed by atoms with van der Waals surface area (Å²) in [6, 6.07) is 13.1. The first-order valence-electron chi connectivity index (χ1n) is 7.70. The number of nitrogens with one attached hydrogen (secondary N) is 1. The quantitative estimate of drug-likeness (QED) is 0.614. The summed E-state index contributed by atoms with van der Waals surface area (Å²) in [6.45, 7) is 3.80. The van der Waals surface area contributed by atoms with Gasteiger partial charge in [0.2, 0.25) is 5.88 Å². The lowest BCUT2D eigenvalue weighted by molar-refractivity contribution is 0.454. The first-order chi connectivity index (χ1) is 12.2. The average Bonchev–Trinajstić information content (AvgIpc) is 3.07. The van der Waals surface area contributed by atoms with E-state index in [1.165, 1.54) is 6.33 Å². The van der Waals surface area contributed by atoms with Gasteiger partial charge in [-0.05, 0) is 44.2 Å². The first-order valence-corrected chi connectivity index (χ1v) is 7.70. The molecule has 3 heterocycles. The van der Waals surface area contributed by atoms with Crippen molar-refractivity contribution in [1.29, 1.82) is 0 Å². The Labute approximate surface area is 143 Å². The number of rotatable bonds is 4. The van der Waals surface area contributed by atoms with E-state index < -0.39 is 0 Å². The maximum absolute atomic E-state index is 5.68. The number of aryl methyl sites for hydroxylation is 2. The molecule has 0 spiro atoms. The van der Waals surface area contributed by atoms with Crippen LogP contribution < -0.4 is 10.1 Å². The Bertz CT molecular complexity index is 1010. The Kier molecular flexibility index (Phi) is 3.70. The topological polar surface area (TPSA) is 90.1 Å². The smallest absolute Gasteiger partial charge is 0.254 e. The van der Waals surface area contributed by atoms with Crippen molar-refractivity contribution in [2.75, 3.05) is 5.32 Å². The third kappa shape index (κ3) is 3.23. The molecule has 0 fully saturated rings. The van der Waals surface area contributed by atoms with Crippen molar-refractivity contribution in [2.24, 2.45) is 0 Å². The fourth-order valence-corrected chi connectivity index (χ4v) is 2.34. The van der Waals surface area contributed by atoms with Gasteiger partial charge < -0.3 is 10.1 Å². The molecule has 0 atom stereocenters. The van der Waals surface area contributed by atoms with Crippen molar-refractivity contribution in [3.63, 3.8) is 0 Å². The Hall–Kier alpha value is -3.55. The lowest BCUT2D eigenvalue weighted by Gasteiger charge is -2.10. The number of hydrogen-bond acceptors (Lipinski definition) is 7. The largest absolute Gasteiger partial charge is 0.438 e. The Balaban J connectivity index is 1.53. The van der Waals surface area contributed by atoms with Crippen LogP contribution in [0.1, 0.15) is 11.4 Å². The van der Waals surface area contributed by atoms with Gasteiger partial charge in [-0.1, -0.05) is 0 Å². The summed E-state index contributed by atoms with van der Waals surface area (Å²) in [4.78, 5) is 8.44. The molecule has 1 aromatic carbocycles. The third-order valence-corrected chi connectivity index (χ3v) is 3.50. The number of anilines is 2. The molecule has 0 unspecified atom stereocenters. The molecule has 8 heteroatoms. The van der Waals surface area contributed by atoms with Crippen LogP contribution in [0.4, 0.5) is 11.5 Å². The summed E-state index contributed by atoms with van der Waals surface area (Å²) in [5.74, 6) is 2.49. The lowest BCUT2D eigenvalue weighted by atomic mass is 10.3. The molecular formula is C17H15N7O. The standard InChI is InChI=1S/C17H15N7O/c1-11-3-8-16(23-22-11)25-14-6-4-13(5-7-14)21-15-9-12(2)20-17-18-10-19-24(15)17/h3-10,21H,1-2H3. The predicted molar refractivity (Wildman–Crippen MR) is 92.1 cm³/mol. The van der Waals surface area contributed by atoms with Crippen molar-refractivity contribution in [1.82, 2.24) is 29.8 Å². The number of benzene rings is 1. The second-order valence-electron chi connectivity index (χ2n) is 5.52. The fourth-order valence-electron chi connectivity index (χ4n) is 2.34. The fraction of sp³-hybridized carbons (Fsp3) is 0.118. The van der Waals surface area contributed by atoms with Gasteiger partial charge >= 0.3 is 0 Å². The van der Waals surface area contributed by atoms with Crippen LogP contribution in [0.15, 0.2) is 48.8 Å². The van der Waals surface area contributed by atoms with Gasteiger partial charge in [0, 0.05) is 23.5 Å². The van der Waals surface area contributed by atoms with Crippen LogP contribution in [0.2, 0.25) is 0 Å². The summed E-state index contributed by atoms with van der Waals surface area (Å²) in [5, 5.41) is 15.4. The van der Waals surface area contributed by atoms with E-state index in [0.717, 1.165) is 22.9 Å². The number of ether oxygens (including phenoxy) is 1. The molecule has 0 amide bonds. The summed E-state index contributed by atoms with van der Waals surface area (Å²) < 4.78 is 7.33. The SMILES string of the molecule is Cc1ccc(Oc2ccc(Nc3cc(C)nc4ncnn34)cc2)nn1. The first kappa shape index (κ1) is 15.0. The summed E-state index contributed by atoms with van der Waals surface area (Å²) in [6.07, 6.45) is 1.48. The zero-order valence-corrected chi connectivity index (χ0v) is 13.7. The molecule has 0 bridgehead atoms. The van der Waals surface area contributed by atoms with Gasteiger partial charge in [-0.2, -0.15) is 19.7 Å². The highest BCUT2D eigenvalue weighted by atomic mass is 16.5. The van der Waals surface area contributed by atoms with Crippen LogP contribution >= 0.6 is 0 Å². The van der Waals surface area contributed by atoms with Crippen molar-refractivity contribution in [3.05, 3.63) is 60.2 Å². The van der Waals surface area contributed by atoms with Crippen LogP contribution in [0.25, 0.3) is 5.78 Å². The monoisotopic (exact) mass is 333 g/mol. The lowest BCUT2D eigenvalue weighted by Crippen LogP contribution is -2.02. The molecule has 0 aliphatic rings. The molecule has 0 radical (unpaired) electrons. The molecule has 8 nitrogen and oxygen atoms in total. The van der Waals surface area contributed by atoms with E-state index in [9.17, 15) is 0 Å². The highest BCUT2D eigenvalue weighted by molar-refractivity contribution is 5.59. The molecule has 3 aromatic heterocycles. The molecule has 4 aromatic rings. The summed E-state index contributed by atoms with van der Waals surface area (Å²) in [5.41, 5.74) is 2.60. The van der Waals surface area contributed by atoms with Gasteiger partial charge in [0.05, 0.1) is 5.69 Å². The second kappa shape index (κ2) is 6.16. The molecule has 1 N–H and O–H groups in total. The minimum Gasteiger partial charge on any atom is -0.438 e. The van der Waals surface area contributed by atoms with E-state index in [-0.39, 0.29) is 0 Å². The molecule has 4 rings (SSSR count). The van der Waals surface area contributed by atoms with Crippen molar-refractivity contribution < 1.29 is 4.74 Å². The van der Waals surface area contributed by atoms with E-state index in [0.29, 0.717) is 17.4 Å². The van der Waals surface area contributed by atoms with Gasteiger partial charge in [-0.15, -0.1) is 5.10 Å². The predicted octanol–water partition coefficient (Wildman–Crippen LogP) is 3.07. The molecule has 0 aliphatic heterocycles. The zero-order valence-electron chi connectivity index (χ0n) is 13.7. The highest BCUT2D eigenvalue weighted by Crippen LogP contribution is 2.23. The Morgan fingerprint density at radius 2 is 1.80 bits per heavy atom. The van der Waals surface area contributed by atoms with E-state index in [1.54, 1.807) is 10.6 Å². The second-order valence-corrected chi connectivity index (χ2v) is 5.52. The van der Waals surface area contributed by atoms with E-state index in [2.05, 4.69) is 30.6 Å². The van der Waals surface area contributed by atoms with Crippen molar-refractivity contribution >= 4 is 17.3 Å². The van der Waals surface area contributed by atoms with E-state index >= 15 is 0 Å². The molecule has 0 aliphatic carbocycles. The van der Waals surface area contributed by atoms with Gasteiger partial charge in [0.15, 0.2) is 0 Å². The minimum atomic E-state index is 0.459. The molecular weight excluding hydrogens is 318 g/mol. The number of hydrogen-bond donors (Lipinski definition) is 1. The highest BCUT2D eigenvalue weighted by Gasteiger charge is 2.06. The van der Waals surface area contributed by atoms with Crippen LogP contribution in [-0.4, -0.2) is 29.8 Å². The van der Waals surface area contributed by atoms with Crippen molar-refractivity contribution in [3.8, 4) is 11.6 Å². The maximum Gasteiger partial charge on any atom is 0.254 e. The minimum absolute atomic E-state index is 0.459. The maximum atomic E-state index is 5.68. The molecule has 0 saturated heterocycles. The van der Waals surface area contributed by atoms with Crippen LogP contribution in [0, 0.1) is 13.8 Å². The summed E-state index contributed by atoms with van der Waals surface area (Å²) >= 11 is 0. The summed E-state index contributed by atoms with van der Waals surface area (Å²) in [7, 11) is 0. The Morgan fingerprint density at radius 3 is 2.56 bits per heavy atom. The number of aromatic nitrogens is 6. The normalized spacial score (nSPS) is 10.8.